The molecule has 1 aliphatic rings. The van der Waals surface area contributed by atoms with E-state index in [9.17, 15) is 13.9 Å². The lowest BCUT2D eigenvalue weighted by molar-refractivity contribution is 0.204. The first-order chi connectivity index (χ1) is 12.9. The summed E-state index contributed by atoms with van der Waals surface area (Å²) in [6.45, 7) is 4.54. The summed E-state index contributed by atoms with van der Waals surface area (Å²) in [5, 5.41) is 9.40. The van der Waals surface area contributed by atoms with Gasteiger partial charge in [0.15, 0.2) is 0 Å². The normalized spacial score (nSPS) is 14.4. The fraction of sp³-hybridized carbons (Fsp3) is 0.238. The number of rotatable bonds is 5. The van der Waals surface area contributed by atoms with E-state index >= 15 is 0 Å². The highest BCUT2D eigenvalue weighted by Gasteiger charge is 2.21. The van der Waals surface area contributed by atoms with Crippen LogP contribution in [0.25, 0.3) is 0 Å². The van der Waals surface area contributed by atoms with Gasteiger partial charge in [0.05, 0.1) is 17.6 Å². The third-order valence-electron chi connectivity index (χ3n) is 4.48. The number of ether oxygens (including phenoxy) is 1. The SMILES string of the molecule is CC1=CC(OCc2ccc(F)cc2F)=C(Br)CN1c1cc(CO)ccc1C. The Hall–Kier alpha value is -2.18. The van der Waals surface area contributed by atoms with Crippen molar-refractivity contribution in [1.82, 2.24) is 0 Å². The van der Waals surface area contributed by atoms with Crippen molar-refractivity contribution in [3.63, 3.8) is 0 Å². The fourth-order valence-corrected chi connectivity index (χ4v) is 3.40. The van der Waals surface area contributed by atoms with E-state index in [1.165, 1.54) is 12.1 Å². The minimum absolute atomic E-state index is 0.0132. The predicted molar refractivity (Wildman–Crippen MR) is 105 cm³/mol. The zero-order valence-corrected chi connectivity index (χ0v) is 16.7. The number of halogens is 3. The summed E-state index contributed by atoms with van der Waals surface area (Å²) in [5.41, 5.74) is 4.21. The number of hydrogen-bond acceptors (Lipinski definition) is 3. The van der Waals surface area contributed by atoms with Crippen LogP contribution in [0.4, 0.5) is 14.5 Å². The van der Waals surface area contributed by atoms with E-state index < -0.39 is 11.6 Å². The Morgan fingerprint density at radius 2 is 1.93 bits per heavy atom. The molecule has 2 aromatic rings. The quantitative estimate of drug-likeness (QED) is 0.690. The van der Waals surface area contributed by atoms with Gasteiger partial charge >= 0.3 is 0 Å². The molecule has 0 unspecified atom stereocenters. The first-order valence-electron chi connectivity index (χ1n) is 8.50. The molecule has 1 heterocycles. The van der Waals surface area contributed by atoms with Crippen LogP contribution in [0.2, 0.25) is 0 Å². The van der Waals surface area contributed by atoms with Crippen LogP contribution in [0.1, 0.15) is 23.6 Å². The van der Waals surface area contributed by atoms with Gasteiger partial charge in [0.1, 0.15) is 24.0 Å². The van der Waals surface area contributed by atoms with Crippen molar-refractivity contribution in [2.75, 3.05) is 11.4 Å². The van der Waals surface area contributed by atoms with E-state index in [1.807, 2.05) is 38.1 Å². The highest BCUT2D eigenvalue weighted by atomic mass is 79.9. The van der Waals surface area contributed by atoms with E-state index in [1.54, 1.807) is 0 Å². The molecule has 0 aromatic heterocycles. The Labute approximate surface area is 165 Å². The lowest BCUT2D eigenvalue weighted by Crippen LogP contribution is -2.27. The molecule has 2 aromatic carbocycles. The van der Waals surface area contributed by atoms with Gasteiger partial charge in [-0.05, 0) is 59.1 Å². The number of nitrogens with zero attached hydrogens (tertiary/aromatic N) is 1. The van der Waals surface area contributed by atoms with Crippen molar-refractivity contribution in [3.05, 3.63) is 86.7 Å². The molecule has 0 fully saturated rings. The molecule has 1 N–H and O–H groups in total. The third kappa shape index (κ3) is 4.39. The monoisotopic (exact) mass is 435 g/mol. The van der Waals surface area contributed by atoms with Gasteiger partial charge in [0.25, 0.3) is 0 Å². The zero-order valence-electron chi connectivity index (χ0n) is 15.1. The van der Waals surface area contributed by atoms with E-state index in [0.29, 0.717) is 17.9 Å². The minimum Gasteiger partial charge on any atom is -0.488 e. The highest BCUT2D eigenvalue weighted by Crippen LogP contribution is 2.33. The first kappa shape index (κ1) is 19.6. The Morgan fingerprint density at radius 1 is 1.15 bits per heavy atom. The molecular formula is C21H20BrF2NO2. The van der Waals surface area contributed by atoms with Gasteiger partial charge in [0.2, 0.25) is 0 Å². The van der Waals surface area contributed by atoms with E-state index in [-0.39, 0.29) is 13.2 Å². The van der Waals surface area contributed by atoms with Crippen LogP contribution >= 0.6 is 15.9 Å². The maximum absolute atomic E-state index is 13.8. The molecule has 0 atom stereocenters. The predicted octanol–water partition coefficient (Wildman–Crippen LogP) is 5.31. The van der Waals surface area contributed by atoms with Gasteiger partial charge < -0.3 is 14.7 Å². The summed E-state index contributed by atoms with van der Waals surface area (Å²) in [6.07, 6.45) is 1.88. The van der Waals surface area contributed by atoms with Crippen LogP contribution < -0.4 is 4.90 Å². The lowest BCUT2D eigenvalue weighted by atomic mass is 10.1. The average molecular weight is 436 g/mol. The number of allylic oxidation sites excluding steroid dienone is 2. The van der Waals surface area contributed by atoms with Gasteiger partial charge in [-0.2, -0.15) is 0 Å². The maximum Gasteiger partial charge on any atom is 0.133 e. The summed E-state index contributed by atoms with van der Waals surface area (Å²) in [7, 11) is 0. The summed E-state index contributed by atoms with van der Waals surface area (Å²) in [4.78, 5) is 2.11. The zero-order chi connectivity index (χ0) is 19.6. The van der Waals surface area contributed by atoms with E-state index in [4.69, 9.17) is 4.74 Å². The molecule has 0 saturated carbocycles. The number of aliphatic hydroxyl groups excluding tert-OH is 1. The van der Waals surface area contributed by atoms with Crippen LogP contribution in [0.5, 0.6) is 0 Å². The van der Waals surface area contributed by atoms with E-state index in [0.717, 1.165) is 33.1 Å². The van der Waals surface area contributed by atoms with Crippen LogP contribution in [0.15, 0.2) is 58.4 Å². The molecule has 3 nitrogen and oxygen atoms in total. The molecule has 1 aliphatic heterocycles. The van der Waals surface area contributed by atoms with Crippen LogP contribution in [0.3, 0.4) is 0 Å². The number of aryl methyl sites for hydroxylation is 1. The molecule has 0 amide bonds. The van der Waals surface area contributed by atoms with Crippen LogP contribution in [0, 0.1) is 18.6 Å². The number of anilines is 1. The molecule has 0 aliphatic carbocycles. The maximum atomic E-state index is 13.8. The second-order valence-electron chi connectivity index (χ2n) is 6.44. The Morgan fingerprint density at radius 3 is 2.63 bits per heavy atom. The van der Waals surface area contributed by atoms with Crippen molar-refractivity contribution in [2.45, 2.75) is 27.1 Å². The molecular weight excluding hydrogens is 416 g/mol. The number of aliphatic hydroxyl groups is 1. The molecule has 6 heteroatoms. The van der Waals surface area contributed by atoms with Gasteiger partial charge in [0, 0.05) is 29.1 Å². The second kappa shape index (κ2) is 8.23. The molecule has 0 bridgehead atoms. The number of benzene rings is 2. The fourth-order valence-electron chi connectivity index (χ4n) is 2.92. The van der Waals surface area contributed by atoms with Crippen molar-refractivity contribution >= 4 is 21.6 Å². The largest absolute Gasteiger partial charge is 0.488 e. The van der Waals surface area contributed by atoms with Crippen molar-refractivity contribution in [2.24, 2.45) is 0 Å². The summed E-state index contributed by atoms with van der Waals surface area (Å²) in [6, 6.07) is 9.30. The highest BCUT2D eigenvalue weighted by molar-refractivity contribution is 9.11. The smallest absolute Gasteiger partial charge is 0.133 e. The summed E-state index contributed by atoms with van der Waals surface area (Å²) < 4.78 is 33.4. The van der Waals surface area contributed by atoms with Gasteiger partial charge in [-0.25, -0.2) is 8.78 Å². The number of hydrogen-bond donors (Lipinski definition) is 1. The third-order valence-corrected chi connectivity index (χ3v) is 5.12. The van der Waals surface area contributed by atoms with E-state index in [2.05, 4.69) is 20.8 Å². The molecule has 0 saturated heterocycles. The minimum atomic E-state index is -0.624. The topological polar surface area (TPSA) is 32.7 Å². The molecule has 142 valence electrons. The second-order valence-corrected chi connectivity index (χ2v) is 7.40. The lowest BCUT2D eigenvalue weighted by Gasteiger charge is -2.31. The summed E-state index contributed by atoms with van der Waals surface area (Å²) in [5.74, 6) is -0.620. The Balaban J connectivity index is 1.78. The molecule has 0 spiro atoms. The van der Waals surface area contributed by atoms with Gasteiger partial charge in [-0.3, -0.25) is 0 Å². The Bertz CT molecular complexity index is 924. The van der Waals surface area contributed by atoms with Crippen molar-refractivity contribution in [1.29, 1.82) is 0 Å². The van der Waals surface area contributed by atoms with Gasteiger partial charge in [-0.1, -0.05) is 12.1 Å². The van der Waals surface area contributed by atoms with Crippen molar-refractivity contribution in [3.8, 4) is 0 Å². The molecule has 0 radical (unpaired) electrons. The van der Waals surface area contributed by atoms with Crippen LogP contribution in [-0.4, -0.2) is 11.7 Å². The standard InChI is InChI=1S/C21H20BrF2NO2/c1-13-3-4-15(11-26)8-20(13)25-10-18(22)21(7-14(25)2)27-12-16-5-6-17(23)9-19(16)24/h3-9,26H,10-12H2,1-2H3. The average Bonchev–Trinajstić information content (AvgIpc) is 2.64. The summed E-state index contributed by atoms with van der Waals surface area (Å²) >= 11 is 3.55. The Kier molecular flexibility index (Phi) is 5.97. The van der Waals surface area contributed by atoms with Gasteiger partial charge in [-0.15, -0.1) is 0 Å². The molecule has 27 heavy (non-hydrogen) atoms. The van der Waals surface area contributed by atoms with Crippen LogP contribution in [-0.2, 0) is 18.0 Å². The van der Waals surface area contributed by atoms with Crippen molar-refractivity contribution < 1.29 is 18.6 Å². The first-order valence-corrected chi connectivity index (χ1v) is 9.30. The molecule has 3 rings (SSSR count).